The molecule has 0 radical (unpaired) electrons. The van der Waals surface area contributed by atoms with Gasteiger partial charge in [0.15, 0.2) is 0 Å². The summed E-state index contributed by atoms with van der Waals surface area (Å²) in [7, 11) is -2.28. The zero-order chi connectivity index (χ0) is 24.0. The van der Waals surface area contributed by atoms with Gasteiger partial charge in [0.05, 0.1) is 17.6 Å². The highest BCUT2D eigenvalue weighted by molar-refractivity contribution is 7.93. The van der Waals surface area contributed by atoms with Crippen molar-refractivity contribution in [1.82, 2.24) is 15.5 Å². The smallest absolute Gasteiger partial charge is 0.266 e. The Balaban J connectivity index is 1.66. The van der Waals surface area contributed by atoms with Gasteiger partial charge in [-0.3, -0.25) is 4.79 Å². The number of nitrogens with zero attached hydrogens (tertiary/aromatic N) is 3. The van der Waals surface area contributed by atoms with Crippen LogP contribution in [-0.2, 0) is 16.4 Å². The number of halogens is 1. The standard InChI is InChI=1S/C22H25ClN4O4S2/c1-15(2)13-27(22-26-25-14-32-22)33(29,30)18-7-4-16(5-8-18)10-11-24-21(28)19-12-17(23)6-9-20(19)31-3/h4-9,12,14-15H,10-11,13H2,1-3H3,(H,24,28). The summed E-state index contributed by atoms with van der Waals surface area (Å²) in [5.41, 5.74) is 2.75. The molecule has 33 heavy (non-hydrogen) atoms. The quantitative estimate of drug-likeness (QED) is 0.443. The van der Waals surface area contributed by atoms with Crippen LogP contribution in [0.1, 0.15) is 29.8 Å². The van der Waals surface area contributed by atoms with E-state index in [4.69, 9.17) is 16.3 Å². The molecule has 0 bridgehead atoms. The Hall–Kier alpha value is -2.69. The number of hydrogen-bond acceptors (Lipinski definition) is 7. The lowest BCUT2D eigenvalue weighted by atomic mass is 10.1. The molecule has 0 aliphatic carbocycles. The van der Waals surface area contributed by atoms with Gasteiger partial charge in [0.2, 0.25) is 5.13 Å². The van der Waals surface area contributed by atoms with Gasteiger partial charge >= 0.3 is 0 Å². The van der Waals surface area contributed by atoms with Gasteiger partial charge in [0.1, 0.15) is 11.3 Å². The molecule has 176 valence electrons. The first-order valence-corrected chi connectivity index (χ1v) is 12.9. The number of anilines is 1. The molecule has 0 saturated heterocycles. The third kappa shape index (κ3) is 6.21. The zero-order valence-corrected chi connectivity index (χ0v) is 20.9. The summed E-state index contributed by atoms with van der Waals surface area (Å²) in [6.45, 7) is 4.56. The van der Waals surface area contributed by atoms with Crippen LogP contribution in [0.4, 0.5) is 5.13 Å². The Labute approximate surface area is 202 Å². The zero-order valence-electron chi connectivity index (χ0n) is 18.5. The summed E-state index contributed by atoms with van der Waals surface area (Å²) in [5, 5.41) is 11.3. The summed E-state index contributed by atoms with van der Waals surface area (Å²) in [4.78, 5) is 12.7. The fraction of sp³-hybridized carbons (Fsp3) is 0.318. The van der Waals surface area contributed by atoms with Crippen LogP contribution in [0.5, 0.6) is 5.75 Å². The lowest BCUT2D eigenvalue weighted by molar-refractivity contribution is 0.0951. The number of carbonyl (C=O) groups is 1. The molecule has 0 unspecified atom stereocenters. The van der Waals surface area contributed by atoms with Crippen LogP contribution in [0.15, 0.2) is 52.9 Å². The molecule has 2 aromatic carbocycles. The van der Waals surface area contributed by atoms with Crippen LogP contribution in [0, 0.1) is 5.92 Å². The molecule has 0 saturated carbocycles. The van der Waals surface area contributed by atoms with Gasteiger partial charge < -0.3 is 10.1 Å². The molecule has 1 heterocycles. The molecule has 0 spiro atoms. The van der Waals surface area contributed by atoms with E-state index in [2.05, 4.69) is 15.5 Å². The molecule has 0 atom stereocenters. The molecule has 1 aromatic heterocycles. The van der Waals surface area contributed by atoms with Crippen LogP contribution in [0.2, 0.25) is 5.02 Å². The SMILES string of the molecule is COc1ccc(Cl)cc1C(=O)NCCc1ccc(S(=O)(=O)N(CC(C)C)c2nncs2)cc1. The van der Waals surface area contributed by atoms with E-state index in [1.165, 1.54) is 28.3 Å². The number of benzene rings is 2. The van der Waals surface area contributed by atoms with Crippen LogP contribution < -0.4 is 14.4 Å². The van der Waals surface area contributed by atoms with E-state index in [1.807, 2.05) is 13.8 Å². The third-order valence-corrected chi connectivity index (χ3v) is 7.54. The van der Waals surface area contributed by atoms with Crippen LogP contribution in [0.25, 0.3) is 0 Å². The minimum atomic E-state index is -3.77. The Kier molecular flexibility index (Phi) is 8.28. The molecule has 1 N–H and O–H groups in total. The fourth-order valence-electron chi connectivity index (χ4n) is 3.12. The van der Waals surface area contributed by atoms with Crippen molar-refractivity contribution in [2.45, 2.75) is 25.2 Å². The van der Waals surface area contributed by atoms with E-state index >= 15 is 0 Å². The number of methoxy groups -OCH3 is 1. The Morgan fingerprint density at radius 2 is 1.94 bits per heavy atom. The number of amides is 1. The first-order chi connectivity index (χ1) is 15.7. The first-order valence-electron chi connectivity index (χ1n) is 10.2. The van der Waals surface area contributed by atoms with Crippen molar-refractivity contribution in [3.8, 4) is 5.75 Å². The summed E-state index contributed by atoms with van der Waals surface area (Å²) in [6.07, 6.45) is 0.529. The highest BCUT2D eigenvalue weighted by Crippen LogP contribution is 2.26. The number of hydrogen-bond donors (Lipinski definition) is 1. The van der Waals surface area contributed by atoms with Crippen molar-refractivity contribution in [3.05, 3.63) is 64.1 Å². The van der Waals surface area contributed by atoms with Gasteiger partial charge in [0.25, 0.3) is 15.9 Å². The van der Waals surface area contributed by atoms with Crippen molar-refractivity contribution in [2.75, 3.05) is 24.5 Å². The van der Waals surface area contributed by atoms with E-state index in [9.17, 15) is 13.2 Å². The van der Waals surface area contributed by atoms with Crippen molar-refractivity contribution >= 4 is 44.0 Å². The Morgan fingerprint density at radius 3 is 2.55 bits per heavy atom. The topological polar surface area (TPSA) is 101 Å². The first kappa shape index (κ1) is 24.9. The maximum absolute atomic E-state index is 13.2. The summed E-state index contributed by atoms with van der Waals surface area (Å²) in [6, 6.07) is 11.5. The second-order valence-corrected chi connectivity index (χ2v) is 10.8. The minimum absolute atomic E-state index is 0.115. The molecule has 0 aliphatic rings. The highest BCUT2D eigenvalue weighted by atomic mass is 35.5. The summed E-state index contributed by atoms with van der Waals surface area (Å²) >= 11 is 7.17. The number of rotatable bonds is 10. The Morgan fingerprint density at radius 1 is 1.21 bits per heavy atom. The number of nitrogens with one attached hydrogen (secondary N) is 1. The lowest BCUT2D eigenvalue weighted by Gasteiger charge is -2.23. The molecule has 0 fully saturated rings. The number of carbonyl (C=O) groups excluding carboxylic acids is 1. The number of ether oxygens (including phenoxy) is 1. The largest absolute Gasteiger partial charge is 0.496 e. The van der Waals surface area contributed by atoms with Crippen LogP contribution >= 0.6 is 22.9 Å². The van der Waals surface area contributed by atoms with Crippen molar-refractivity contribution in [2.24, 2.45) is 5.92 Å². The van der Waals surface area contributed by atoms with Gasteiger partial charge in [-0.1, -0.05) is 48.9 Å². The van der Waals surface area contributed by atoms with Crippen LogP contribution in [0.3, 0.4) is 0 Å². The predicted octanol–water partition coefficient (Wildman–Crippen LogP) is 4.02. The maximum Gasteiger partial charge on any atom is 0.266 e. The number of sulfonamides is 1. The van der Waals surface area contributed by atoms with E-state index in [0.29, 0.717) is 41.0 Å². The predicted molar refractivity (Wildman–Crippen MR) is 130 cm³/mol. The average Bonchev–Trinajstić information content (AvgIpc) is 3.32. The molecule has 3 rings (SSSR count). The normalized spacial score (nSPS) is 11.4. The van der Waals surface area contributed by atoms with E-state index in [-0.39, 0.29) is 16.7 Å². The second kappa shape index (κ2) is 11.0. The van der Waals surface area contributed by atoms with Gasteiger partial charge in [-0.05, 0) is 48.2 Å². The van der Waals surface area contributed by atoms with Crippen LogP contribution in [-0.4, -0.2) is 44.7 Å². The molecule has 1 amide bonds. The van der Waals surface area contributed by atoms with Gasteiger partial charge in [0, 0.05) is 18.1 Å². The number of aromatic nitrogens is 2. The van der Waals surface area contributed by atoms with Crippen molar-refractivity contribution in [1.29, 1.82) is 0 Å². The van der Waals surface area contributed by atoms with E-state index in [0.717, 1.165) is 5.56 Å². The summed E-state index contributed by atoms with van der Waals surface area (Å²) < 4.78 is 32.9. The summed E-state index contributed by atoms with van der Waals surface area (Å²) in [5.74, 6) is 0.257. The van der Waals surface area contributed by atoms with E-state index < -0.39 is 10.0 Å². The maximum atomic E-state index is 13.2. The average molecular weight is 509 g/mol. The molecule has 3 aromatic rings. The molecular weight excluding hydrogens is 484 g/mol. The van der Waals surface area contributed by atoms with Gasteiger partial charge in [-0.25, -0.2) is 12.7 Å². The van der Waals surface area contributed by atoms with E-state index in [1.54, 1.807) is 42.5 Å². The van der Waals surface area contributed by atoms with Crippen molar-refractivity contribution in [3.63, 3.8) is 0 Å². The molecule has 8 nitrogen and oxygen atoms in total. The monoisotopic (exact) mass is 508 g/mol. The fourth-order valence-corrected chi connectivity index (χ4v) is 5.66. The van der Waals surface area contributed by atoms with Gasteiger partial charge in [-0.15, -0.1) is 10.2 Å². The molecule has 0 aliphatic heterocycles. The Bertz CT molecular complexity index is 1180. The van der Waals surface area contributed by atoms with Gasteiger partial charge in [-0.2, -0.15) is 0 Å². The molecule has 11 heteroatoms. The lowest BCUT2D eigenvalue weighted by Crippen LogP contribution is -2.34. The van der Waals surface area contributed by atoms with Crippen molar-refractivity contribution < 1.29 is 17.9 Å². The highest BCUT2D eigenvalue weighted by Gasteiger charge is 2.27. The second-order valence-electron chi connectivity index (χ2n) is 7.65. The minimum Gasteiger partial charge on any atom is -0.496 e. The third-order valence-electron chi connectivity index (χ3n) is 4.71. The molecular formula is C22H25ClN4O4S2.